The van der Waals surface area contributed by atoms with Crippen LogP contribution in [0.3, 0.4) is 0 Å². The van der Waals surface area contributed by atoms with Crippen LogP contribution in [0.4, 0.5) is 4.39 Å². The summed E-state index contributed by atoms with van der Waals surface area (Å²) in [6.45, 7) is 5.74. The van der Waals surface area contributed by atoms with Crippen LogP contribution < -0.4 is 15.4 Å². The van der Waals surface area contributed by atoms with Crippen molar-refractivity contribution >= 4 is 23.4 Å². The normalized spacial score (nSPS) is 19.0. The first kappa shape index (κ1) is 22.1. The monoisotopic (exact) mass is 414 g/mol. The van der Waals surface area contributed by atoms with E-state index in [4.69, 9.17) is 26.1 Å². The smallest absolute Gasteiger partial charge is 0.257 e. The lowest BCUT2D eigenvalue weighted by Crippen LogP contribution is -2.40. The van der Waals surface area contributed by atoms with Gasteiger partial charge in [-0.2, -0.15) is 0 Å². The Labute approximate surface area is 168 Å². The lowest BCUT2D eigenvalue weighted by Gasteiger charge is -2.26. The van der Waals surface area contributed by atoms with Crippen molar-refractivity contribution in [3.63, 3.8) is 0 Å². The zero-order chi connectivity index (χ0) is 20.5. The Morgan fingerprint density at radius 1 is 1.36 bits per heavy atom. The van der Waals surface area contributed by atoms with Crippen LogP contribution in [0, 0.1) is 5.82 Å². The van der Waals surface area contributed by atoms with Gasteiger partial charge in [-0.3, -0.25) is 9.59 Å². The largest absolute Gasteiger partial charge is 0.484 e. The standard InChI is InChI=1S/C19H24ClFN2O5/c1-3-13-5-7-17(28-27-13)19(25)23-12(2)8-9-22-18(24)11-26-14-4-6-15(20)16(21)10-14/h4,6,10,13,17H,2-3,5,7-9,11H2,1H3,(H,22,24)(H,23,25). The van der Waals surface area contributed by atoms with Crippen molar-refractivity contribution in [2.24, 2.45) is 0 Å². The maximum atomic E-state index is 13.3. The number of carbonyl (C=O) groups excluding carboxylic acids is 2. The van der Waals surface area contributed by atoms with Gasteiger partial charge in [0.15, 0.2) is 12.7 Å². The van der Waals surface area contributed by atoms with Crippen LogP contribution in [0.25, 0.3) is 0 Å². The number of hydrogen-bond acceptors (Lipinski definition) is 5. The number of nitrogens with one attached hydrogen (secondary N) is 2. The number of carbonyl (C=O) groups is 2. The van der Waals surface area contributed by atoms with Crippen molar-refractivity contribution in [3.05, 3.63) is 41.3 Å². The second-order valence-electron chi connectivity index (χ2n) is 6.35. The van der Waals surface area contributed by atoms with Crippen LogP contribution in [0.1, 0.15) is 32.6 Å². The summed E-state index contributed by atoms with van der Waals surface area (Å²) in [5, 5.41) is 5.25. The molecule has 2 unspecified atom stereocenters. The molecular weight excluding hydrogens is 391 g/mol. The van der Waals surface area contributed by atoms with Gasteiger partial charge >= 0.3 is 0 Å². The highest BCUT2D eigenvalue weighted by molar-refractivity contribution is 6.30. The number of amides is 2. The lowest BCUT2D eigenvalue weighted by molar-refractivity contribution is -0.365. The summed E-state index contributed by atoms with van der Waals surface area (Å²) < 4.78 is 18.5. The van der Waals surface area contributed by atoms with Crippen LogP contribution in [0.5, 0.6) is 5.75 Å². The predicted octanol–water partition coefficient (Wildman–Crippen LogP) is 2.88. The van der Waals surface area contributed by atoms with Crippen LogP contribution in [-0.2, 0) is 19.4 Å². The van der Waals surface area contributed by atoms with Crippen LogP contribution in [-0.4, -0.2) is 37.2 Å². The molecule has 2 N–H and O–H groups in total. The molecule has 1 aromatic rings. The first-order valence-corrected chi connectivity index (χ1v) is 9.42. The number of hydrogen-bond donors (Lipinski definition) is 2. The fourth-order valence-corrected chi connectivity index (χ4v) is 2.58. The molecule has 1 fully saturated rings. The van der Waals surface area contributed by atoms with Gasteiger partial charge in [0, 0.05) is 24.7 Å². The molecule has 1 saturated heterocycles. The minimum atomic E-state index is -0.665. The van der Waals surface area contributed by atoms with Gasteiger partial charge in [-0.25, -0.2) is 14.2 Å². The molecular formula is C19H24ClFN2O5. The highest BCUT2D eigenvalue weighted by Crippen LogP contribution is 2.20. The SMILES string of the molecule is C=C(CCNC(=O)COc1ccc(Cl)c(F)c1)NC(=O)C1CCC(CC)OO1. The van der Waals surface area contributed by atoms with Gasteiger partial charge in [0.2, 0.25) is 0 Å². The van der Waals surface area contributed by atoms with E-state index >= 15 is 0 Å². The van der Waals surface area contributed by atoms with E-state index in [2.05, 4.69) is 17.2 Å². The maximum absolute atomic E-state index is 13.3. The van der Waals surface area contributed by atoms with Crippen molar-refractivity contribution in [2.75, 3.05) is 13.2 Å². The molecule has 28 heavy (non-hydrogen) atoms. The molecule has 1 heterocycles. The lowest BCUT2D eigenvalue weighted by atomic mass is 10.1. The van der Waals surface area contributed by atoms with E-state index in [1.165, 1.54) is 12.1 Å². The zero-order valence-corrected chi connectivity index (χ0v) is 16.4. The summed E-state index contributed by atoms with van der Waals surface area (Å²) in [6.07, 6.45) is 1.87. The number of halogens is 2. The van der Waals surface area contributed by atoms with E-state index in [-0.39, 0.29) is 41.8 Å². The molecule has 7 nitrogen and oxygen atoms in total. The third-order valence-electron chi connectivity index (χ3n) is 4.12. The minimum absolute atomic E-state index is 0.0206. The highest BCUT2D eigenvalue weighted by atomic mass is 35.5. The quantitative estimate of drug-likeness (QED) is 0.607. The van der Waals surface area contributed by atoms with Gasteiger partial charge in [-0.1, -0.05) is 25.1 Å². The third kappa shape index (κ3) is 7.10. The first-order valence-electron chi connectivity index (χ1n) is 9.04. The van der Waals surface area contributed by atoms with Crippen LogP contribution >= 0.6 is 11.6 Å². The molecule has 0 bridgehead atoms. The van der Waals surface area contributed by atoms with Crippen molar-refractivity contribution in [1.29, 1.82) is 0 Å². The van der Waals surface area contributed by atoms with Crippen LogP contribution in [0.2, 0.25) is 5.02 Å². The summed E-state index contributed by atoms with van der Waals surface area (Å²) in [4.78, 5) is 34.1. The first-order chi connectivity index (χ1) is 13.4. The van der Waals surface area contributed by atoms with Crippen LogP contribution in [0.15, 0.2) is 30.5 Å². The van der Waals surface area contributed by atoms with E-state index in [1.807, 2.05) is 6.92 Å². The summed E-state index contributed by atoms with van der Waals surface area (Å²) in [6, 6.07) is 3.92. The Kier molecular flexibility index (Phi) is 8.69. The molecule has 0 radical (unpaired) electrons. The molecule has 154 valence electrons. The van der Waals surface area contributed by atoms with Gasteiger partial charge < -0.3 is 15.4 Å². The fourth-order valence-electron chi connectivity index (χ4n) is 2.46. The van der Waals surface area contributed by atoms with Gasteiger partial charge in [0.25, 0.3) is 11.8 Å². The number of rotatable bonds is 9. The number of benzene rings is 1. The highest BCUT2D eigenvalue weighted by Gasteiger charge is 2.28. The minimum Gasteiger partial charge on any atom is -0.484 e. The van der Waals surface area contributed by atoms with Gasteiger partial charge in [0.1, 0.15) is 11.6 Å². The van der Waals surface area contributed by atoms with Crippen molar-refractivity contribution in [1.82, 2.24) is 10.6 Å². The Morgan fingerprint density at radius 3 is 2.79 bits per heavy atom. The third-order valence-corrected chi connectivity index (χ3v) is 4.42. The molecule has 2 atom stereocenters. The Balaban J connectivity index is 1.61. The van der Waals surface area contributed by atoms with E-state index < -0.39 is 11.9 Å². The molecule has 0 spiro atoms. The topological polar surface area (TPSA) is 85.9 Å². The average Bonchev–Trinajstić information content (AvgIpc) is 2.69. The summed E-state index contributed by atoms with van der Waals surface area (Å²) >= 11 is 5.58. The molecule has 1 aliphatic heterocycles. The van der Waals surface area contributed by atoms with Crippen molar-refractivity contribution in [2.45, 2.75) is 44.8 Å². The van der Waals surface area contributed by atoms with Gasteiger partial charge in [-0.15, -0.1) is 0 Å². The predicted molar refractivity (Wildman–Crippen MR) is 101 cm³/mol. The number of ether oxygens (including phenoxy) is 1. The zero-order valence-electron chi connectivity index (χ0n) is 15.6. The van der Waals surface area contributed by atoms with E-state index in [9.17, 15) is 14.0 Å². The Morgan fingerprint density at radius 2 is 2.14 bits per heavy atom. The molecule has 0 aliphatic carbocycles. The Bertz CT molecular complexity index is 708. The van der Waals surface area contributed by atoms with Gasteiger partial charge in [0.05, 0.1) is 11.1 Å². The maximum Gasteiger partial charge on any atom is 0.257 e. The molecule has 1 aromatic carbocycles. The molecule has 2 rings (SSSR count). The summed E-state index contributed by atoms with van der Waals surface area (Å²) in [5.74, 6) is -1.12. The van der Waals surface area contributed by atoms with E-state index in [0.717, 1.165) is 18.9 Å². The van der Waals surface area contributed by atoms with E-state index in [0.29, 0.717) is 18.5 Å². The average molecular weight is 415 g/mol. The van der Waals surface area contributed by atoms with Gasteiger partial charge in [-0.05, 0) is 31.4 Å². The summed E-state index contributed by atoms with van der Waals surface area (Å²) in [7, 11) is 0. The molecule has 2 amide bonds. The summed E-state index contributed by atoms with van der Waals surface area (Å²) in [5.41, 5.74) is 0.451. The fraction of sp³-hybridized carbons (Fsp3) is 0.474. The molecule has 1 aliphatic rings. The van der Waals surface area contributed by atoms with Crippen molar-refractivity contribution in [3.8, 4) is 5.75 Å². The Hall–Kier alpha value is -2.16. The molecule has 0 aromatic heterocycles. The second kappa shape index (κ2) is 11.0. The second-order valence-corrected chi connectivity index (χ2v) is 6.75. The molecule has 9 heteroatoms. The molecule has 0 saturated carbocycles. The van der Waals surface area contributed by atoms with Crippen molar-refractivity contribution < 1.29 is 28.5 Å². The van der Waals surface area contributed by atoms with E-state index in [1.54, 1.807) is 0 Å².